The molecule has 0 N–H and O–H groups in total. The van der Waals surface area contributed by atoms with Crippen LogP contribution in [0.25, 0.3) is 34.2 Å². The van der Waals surface area contributed by atoms with E-state index in [1.54, 1.807) is 17.0 Å². The van der Waals surface area contributed by atoms with Gasteiger partial charge in [-0.1, -0.05) is 36.4 Å². The molecule has 4 aromatic rings. The van der Waals surface area contributed by atoms with Crippen LogP contribution < -0.4 is 0 Å². The van der Waals surface area contributed by atoms with Crippen LogP contribution in [0.15, 0.2) is 77.4 Å². The van der Waals surface area contributed by atoms with Crippen LogP contribution >= 0.6 is 0 Å². The number of para-hydroxylation sites is 2. The van der Waals surface area contributed by atoms with Crippen molar-refractivity contribution in [3.63, 3.8) is 0 Å². The van der Waals surface area contributed by atoms with Crippen LogP contribution in [0.3, 0.4) is 0 Å². The molecule has 0 saturated carbocycles. The number of esters is 1. The lowest BCUT2D eigenvalue weighted by molar-refractivity contribution is -0.148. The lowest BCUT2D eigenvalue weighted by atomic mass is 10.2. The lowest BCUT2D eigenvalue weighted by Gasteiger charge is -2.22. The molecule has 5 rings (SSSR count). The van der Waals surface area contributed by atoms with Gasteiger partial charge in [-0.3, -0.25) is 4.79 Å². The summed E-state index contributed by atoms with van der Waals surface area (Å²) in [6.45, 7) is -0.476. The Labute approximate surface area is 213 Å². The maximum atomic E-state index is 12.4. The van der Waals surface area contributed by atoms with E-state index in [2.05, 4.69) is 5.10 Å². The molecule has 9 nitrogen and oxygen atoms in total. The van der Waals surface area contributed by atoms with E-state index in [4.69, 9.17) is 9.15 Å². The SMILES string of the molecule is CN(C(=O)COC(=O)C=Cc1cn(-c2ccccc2)nc1-c1cc2ccccc2o1)C1CCS(=O)(=O)C1. The normalized spacial score (nSPS) is 16.8. The Morgan fingerprint density at radius 2 is 1.92 bits per heavy atom. The highest BCUT2D eigenvalue weighted by atomic mass is 32.2. The molecule has 0 aliphatic carbocycles. The first-order valence-electron chi connectivity index (χ1n) is 11.7. The van der Waals surface area contributed by atoms with Crippen LogP contribution in [-0.4, -0.2) is 66.2 Å². The van der Waals surface area contributed by atoms with Gasteiger partial charge in [0.05, 0.1) is 17.2 Å². The second-order valence-corrected chi connectivity index (χ2v) is 11.1. The number of carbonyl (C=O) groups excluding carboxylic acids is 2. The molecule has 1 saturated heterocycles. The highest BCUT2D eigenvalue weighted by molar-refractivity contribution is 7.91. The minimum atomic E-state index is -3.13. The highest BCUT2D eigenvalue weighted by Gasteiger charge is 2.32. The van der Waals surface area contributed by atoms with Crippen LogP contribution in [0.1, 0.15) is 12.0 Å². The van der Waals surface area contributed by atoms with Crippen molar-refractivity contribution in [3.05, 3.63) is 78.5 Å². The van der Waals surface area contributed by atoms with Gasteiger partial charge < -0.3 is 14.1 Å². The van der Waals surface area contributed by atoms with Crippen LogP contribution in [-0.2, 0) is 24.2 Å². The van der Waals surface area contributed by atoms with E-state index < -0.39 is 34.4 Å². The maximum Gasteiger partial charge on any atom is 0.331 e. The molecule has 1 atom stereocenters. The fourth-order valence-corrected chi connectivity index (χ4v) is 6.01. The number of hydrogen-bond acceptors (Lipinski definition) is 7. The molecule has 1 unspecified atom stereocenters. The summed E-state index contributed by atoms with van der Waals surface area (Å²) in [7, 11) is -1.60. The van der Waals surface area contributed by atoms with Gasteiger partial charge in [0.15, 0.2) is 22.2 Å². The van der Waals surface area contributed by atoms with Gasteiger partial charge in [-0.15, -0.1) is 0 Å². The van der Waals surface area contributed by atoms with E-state index in [0.717, 1.165) is 16.7 Å². The molecule has 0 spiro atoms. The van der Waals surface area contributed by atoms with Gasteiger partial charge in [-0.2, -0.15) is 5.10 Å². The first-order chi connectivity index (χ1) is 17.8. The van der Waals surface area contributed by atoms with Crippen LogP contribution in [0.5, 0.6) is 0 Å². The fourth-order valence-electron chi connectivity index (χ4n) is 4.24. The summed E-state index contributed by atoms with van der Waals surface area (Å²) in [6.07, 6.45) is 4.95. The molecule has 0 bridgehead atoms. The van der Waals surface area contributed by atoms with Crippen molar-refractivity contribution in [2.45, 2.75) is 12.5 Å². The average Bonchev–Trinajstić information content (AvgIpc) is 3.62. The van der Waals surface area contributed by atoms with Crippen LogP contribution in [0.4, 0.5) is 0 Å². The van der Waals surface area contributed by atoms with Gasteiger partial charge in [0.1, 0.15) is 11.3 Å². The predicted octanol–water partition coefficient (Wildman–Crippen LogP) is 3.49. The summed E-state index contributed by atoms with van der Waals surface area (Å²) < 4.78 is 36.2. The number of furan rings is 1. The number of aromatic nitrogens is 2. The third kappa shape index (κ3) is 5.49. The van der Waals surface area contributed by atoms with Gasteiger partial charge in [-0.05, 0) is 36.8 Å². The molecule has 10 heteroatoms. The molecule has 1 aliphatic heterocycles. The molecule has 37 heavy (non-hydrogen) atoms. The summed E-state index contributed by atoms with van der Waals surface area (Å²) in [5.74, 6) is -0.624. The van der Waals surface area contributed by atoms with E-state index in [1.807, 2.05) is 60.7 Å². The zero-order valence-electron chi connectivity index (χ0n) is 20.1. The molecule has 0 radical (unpaired) electrons. The molecule has 1 amide bonds. The Kier molecular flexibility index (Phi) is 6.66. The highest BCUT2D eigenvalue weighted by Crippen LogP contribution is 2.30. The maximum absolute atomic E-state index is 12.4. The number of nitrogens with zero attached hydrogens (tertiary/aromatic N) is 3. The summed E-state index contributed by atoms with van der Waals surface area (Å²) in [5, 5.41) is 5.62. The third-order valence-corrected chi connectivity index (χ3v) is 8.06. The molecular formula is C27H25N3O6S. The molecule has 2 aromatic carbocycles. The van der Waals surface area contributed by atoms with Gasteiger partial charge in [0.25, 0.3) is 5.91 Å². The van der Waals surface area contributed by atoms with Gasteiger partial charge >= 0.3 is 5.97 Å². The second-order valence-electron chi connectivity index (χ2n) is 8.86. The van der Waals surface area contributed by atoms with E-state index in [0.29, 0.717) is 23.4 Å². The third-order valence-electron chi connectivity index (χ3n) is 6.31. The summed E-state index contributed by atoms with van der Waals surface area (Å²) >= 11 is 0. The van der Waals surface area contributed by atoms with Crippen molar-refractivity contribution in [1.29, 1.82) is 0 Å². The summed E-state index contributed by atoms with van der Waals surface area (Å²) in [4.78, 5) is 26.2. The number of fused-ring (bicyclic) bond motifs is 1. The van der Waals surface area contributed by atoms with Crippen molar-refractivity contribution >= 4 is 38.8 Å². The topological polar surface area (TPSA) is 112 Å². The zero-order valence-corrected chi connectivity index (χ0v) is 20.9. The number of benzene rings is 2. The molecule has 3 heterocycles. The Morgan fingerprint density at radius 1 is 1.16 bits per heavy atom. The largest absolute Gasteiger partial charge is 0.454 e. The van der Waals surface area contributed by atoms with E-state index in [-0.39, 0.29) is 11.5 Å². The quantitative estimate of drug-likeness (QED) is 0.271. The summed E-state index contributed by atoms with van der Waals surface area (Å²) in [6, 6.07) is 18.7. The average molecular weight is 520 g/mol. The Morgan fingerprint density at radius 3 is 2.65 bits per heavy atom. The van der Waals surface area contributed by atoms with Crippen molar-refractivity contribution in [3.8, 4) is 17.1 Å². The zero-order chi connectivity index (χ0) is 26.0. The molecule has 190 valence electrons. The second kappa shape index (κ2) is 10.1. The molecule has 1 aliphatic rings. The minimum Gasteiger partial charge on any atom is -0.454 e. The van der Waals surface area contributed by atoms with Crippen molar-refractivity contribution in [2.24, 2.45) is 0 Å². The Hall–Kier alpha value is -4.18. The number of likely N-dealkylation sites (N-methyl/N-ethyl adjacent to an activating group) is 1. The van der Waals surface area contributed by atoms with Gasteiger partial charge in [0.2, 0.25) is 0 Å². The number of hydrogen-bond donors (Lipinski definition) is 0. The molecular weight excluding hydrogens is 494 g/mol. The number of amides is 1. The van der Waals surface area contributed by atoms with Crippen molar-refractivity contribution < 1.29 is 27.2 Å². The van der Waals surface area contributed by atoms with E-state index >= 15 is 0 Å². The predicted molar refractivity (Wildman–Crippen MR) is 139 cm³/mol. The van der Waals surface area contributed by atoms with Crippen LogP contribution in [0, 0.1) is 0 Å². The Balaban J connectivity index is 1.32. The number of ether oxygens (including phenoxy) is 1. The fraction of sp³-hybridized carbons (Fsp3) is 0.222. The lowest BCUT2D eigenvalue weighted by Crippen LogP contribution is -2.40. The first-order valence-corrected chi connectivity index (χ1v) is 13.6. The number of rotatable bonds is 7. The molecule has 1 fully saturated rings. The van der Waals surface area contributed by atoms with Gasteiger partial charge in [-0.25, -0.2) is 17.9 Å². The first kappa shape index (κ1) is 24.5. The van der Waals surface area contributed by atoms with E-state index in [9.17, 15) is 18.0 Å². The monoisotopic (exact) mass is 519 g/mol. The summed E-state index contributed by atoms with van der Waals surface area (Å²) in [5.41, 5.74) is 2.73. The number of carbonyl (C=O) groups is 2. The number of sulfone groups is 1. The van der Waals surface area contributed by atoms with Crippen molar-refractivity contribution in [2.75, 3.05) is 25.2 Å². The Bertz CT molecular complexity index is 1550. The van der Waals surface area contributed by atoms with Crippen LogP contribution in [0.2, 0.25) is 0 Å². The van der Waals surface area contributed by atoms with E-state index in [1.165, 1.54) is 18.0 Å². The smallest absolute Gasteiger partial charge is 0.331 e. The molecule has 2 aromatic heterocycles. The van der Waals surface area contributed by atoms with Gasteiger partial charge in [0, 0.05) is 36.3 Å². The van der Waals surface area contributed by atoms with Crippen molar-refractivity contribution in [1.82, 2.24) is 14.7 Å². The standard InChI is InChI=1S/C27H25N3O6S/c1-29(22-13-14-37(33,34)18-22)25(31)17-35-26(32)12-11-20-16-30(21-8-3-2-4-9-21)28-27(20)24-15-19-7-5-6-10-23(19)36-24/h2-12,15-16,22H,13-14,17-18H2,1H3. The minimum absolute atomic E-state index is 0.0576.